The molecule has 4 aromatic rings. The van der Waals surface area contributed by atoms with Crippen LogP contribution in [0.15, 0.2) is 72.9 Å². The van der Waals surface area contributed by atoms with Crippen LogP contribution in [0.4, 0.5) is 15.8 Å². The molecule has 7 rings (SSSR count). The Bertz CT molecular complexity index is 1630. The molecule has 2 fully saturated rings. The van der Waals surface area contributed by atoms with E-state index in [1.807, 2.05) is 49.5 Å². The first-order valence-electron chi connectivity index (χ1n) is 12.3. The zero-order valence-corrected chi connectivity index (χ0v) is 19.9. The standard InChI is InChI=1S/C29H23FN4O3/c1-15-6-9-18(10-7-15)34-26(35)24-23(12-16-14-31-21-5-3-2-4-19(16)21)33-29(25(24)27(34)36)20-13-17(30)8-11-22(20)32-28(29)37/h2-11,13-14,23-25,31,33H,12H2,1H3,(H,32,37)/t23-,24+,25-,29+/m0/s1. The number of para-hydroxylation sites is 1. The minimum absolute atomic E-state index is 0.356. The summed E-state index contributed by atoms with van der Waals surface area (Å²) in [5.74, 6) is -3.59. The smallest absolute Gasteiger partial charge is 0.250 e. The Balaban J connectivity index is 1.38. The number of rotatable bonds is 3. The van der Waals surface area contributed by atoms with E-state index in [-0.39, 0.29) is 5.91 Å². The number of hydrogen-bond donors (Lipinski definition) is 3. The summed E-state index contributed by atoms with van der Waals surface area (Å²) in [6, 6.07) is 18.5. The second-order valence-electron chi connectivity index (χ2n) is 10.1. The molecule has 3 aliphatic rings. The van der Waals surface area contributed by atoms with Crippen molar-refractivity contribution in [3.05, 3.63) is 95.4 Å². The fourth-order valence-electron chi connectivity index (χ4n) is 6.43. The predicted molar refractivity (Wildman–Crippen MR) is 136 cm³/mol. The molecule has 0 unspecified atom stereocenters. The van der Waals surface area contributed by atoms with Gasteiger partial charge in [0, 0.05) is 34.4 Å². The van der Waals surface area contributed by atoms with Gasteiger partial charge in [0.15, 0.2) is 0 Å². The Morgan fingerprint density at radius 2 is 1.76 bits per heavy atom. The molecule has 3 amide bonds. The van der Waals surface area contributed by atoms with Crippen LogP contribution in [0.25, 0.3) is 10.9 Å². The largest absolute Gasteiger partial charge is 0.361 e. The zero-order valence-electron chi connectivity index (χ0n) is 19.9. The van der Waals surface area contributed by atoms with E-state index in [2.05, 4.69) is 15.6 Å². The lowest BCUT2D eigenvalue weighted by Crippen LogP contribution is -2.53. The van der Waals surface area contributed by atoms with Gasteiger partial charge in [0.25, 0.3) is 0 Å². The third-order valence-electron chi connectivity index (χ3n) is 8.08. The number of carbonyl (C=O) groups is 3. The van der Waals surface area contributed by atoms with Gasteiger partial charge in [0.1, 0.15) is 11.4 Å². The van der Waals surface area contributed by atoms with Crippen molar-refractivity contribution >= 4 is 40.0 Å². The van der Waals surface area contributed by atoms with Gasteiger partial charge in [-0.15, -0.1) is 0 Å². The zero-order chi connectivity index (χ0) is 25.5. The van der Waals surface area contributed by atoms with Gasteiger partial charge in [0.2, 0.25) is 17.7 Å². The van der Waals surface area contributed by atoms with Gasteiger partial charge in [-0.25, -0.2) is 9.29 Å². The molecule has 3 aromatic carbocycles. The van der Waals surface area contributed by atoms with Crippen LogP contribution in [-0.2, 0) is 26.3 Å². The van der Waals surface area contributed by atoms with Crippen LogP contribution in [-0.4, -0.2) is 28.7 Å². The van der Waals surface area contributed by atoms with Crippen LogP contribution in [0, 0.1) is 24.6 Å². The number of hydrogen-bond acceptors (Lipinski definition) is 4. The van der Waals surface area contributed by atoms with Gasteiger partial charge >= 0.3 is 0 Å². The molecular formula is C29H23FN4O3. The normalized spacial score (nSPS) is 26.3. The van der Waals surface area contributed by atoms with Gasteiger partial charge in [-0.3, -0.25) is 19.7 Å². The Morgan fingerprint density at radius 3 is 2.57 bits per heavy atom. The number of carbonyl (C=O) groups excluding carboxylic acids is 3. The summed E-state index contributed by atoms with van der Waals surface area (Å²) in [5, 5.41) is 7.22. The highest BCUT2D eigenvalue weighted by molar-refractivity contribution is 6.25. The van der Waals surface area contributed by atoms with E-state index in [1.165, 1.54) is 23.1 Å². The highest BCUT2D eigenvalue weighted by Crippen LogP contribution is 2.54. The minimum atomic E-state index is -1.55. The fraction of sp³-hybridized carbons (Fsp3) is 0.207. The summed E-state index contributed by atoms with van der Waals surface area (Å²) in [6.07, 6.45) is 2.30. The number of anilines is 2. The maximum atomic E-state index is 14.5. The molecule has 0 aliphatic carbocycles. The molecule has 1 aromatic heterocycles. The summed E-state index contributed by atoms with van der Waals surface area (Å²) in [5.41, 5.74) is 2.65. The SMILES string of the molecule is Cc1ccc(N2C(=O)[C@@H]3[C@H](Cc4c[nH]c5ccccc45)N[C@@]4(C(=O)Nc5ccc(F)cc54)[C@@H]3C2=O)cc1. The number of aromatic nitrogens is 1. The van der Waals surface area contributed by atoms with Crippen molar-refractivity contribution in [1.82, 2.24) is 10.3 Å². The van der Waals surface area contributed by atoms with Crippen LogP contribution < -0.4 is 15.5 Å². The number of nitrogens with zero attached hydrogens (tertiary/aromatic N) is 1. The number of H-pyrrole nitrogens is 1. The molecule has 0 saturated carbocycles. The molecule has 0 radical (unpaired) electrons. The van der Waals surface area contributed by atoms with Crippen molar-refractivity contribution in [3.8, 4) is 0 Å². The minimum Gasteiger partial charge on any atom is -0.361 e. The van der Waals surface area contributed by atoms with Crippen molar-refractivity contribution in [3.63, 3.8) is 0 Å². The number of amides is 3. The first kappa shape index (κ1) is 21.9. The first-order valence-corrected chi connectivity index (χ1v) is 12.3. The maximum absolute atomic E-state index is 14.5. The van der Waals surface area contributed by atoms with Crippen molar-refractivity contribution in [2.45, 2.75) is 24.9 Å². The number of nitrogens with one attached hydrogen (secondary N) is 3. The molecule has 3 aliphatic heterocycles. The number of benzene rings is 3. The quantitative estimate of drug-likeness (QED) is 0.378. The molecule has 4 atom stereocenters. The van der Waals surface area contributed by atoms with E-state index in [0.717, 1.165) is 22.0 Å². The molecule has 2 saturated heterocycles. The summed E-state index contributed by atoms with van der Waals surface area (Å²) < 4.78 is 14.5. The highest BCUT2D eigenvalue weighted by atomic mass is 19.1. The summed E-state index contributed by atoms with van der Waals surface area (Å²) in [4.78, 5) is 46.1. The molecule has 1 spiro atoms. The molecule has 37 heavy (non-hydrogen) atoms. The third kappa shape index (κ3) is 2.93. The van der Waals surface area contributed by atoms with E-state index >= 15 is 0 Å². The first-order chi connectivity index (χ1) is 17.9. The number of halogens is 1. The molecule has 184 valence electrons. The van der Waals surface area contributed by atoms with Crippen molar-refractivity contribution in [2.75, 3.05) is 10.2 Å². The molecule has 8 heteroatoms. The van der Waals surface area contributed by atoms with E-state index in [4.69, 9.17) is 0 Å². The Labute approximate surface area is 211 Å². The average Bonchev–Trinajstić information content (AvgIpc) is 3.59. The highest BCUT2D eigenvalue weighted by Gasteiger charge is 2.70. The van der Waals surface area contributed by atoms with Crippen molar-refractivity contribution in [2.24, 2.45) is 11.8 Å². The van der Waals surface area contributed by atoms with Gasteiger partial charge in [-0.05, 0) is 55.3 Å². The van der Waals surface area contributed by atoms with E-state index < -0.39 is 41.0 Å². The molecule has 4 heterocycles. The molecule has 0 bridgehead atoms. The van der Waals surface area contributed by atoms with Gasteiger partial charge in [-0.2, -0.15) is 0 Å². The van der Waals surface area contributed by atoms with Gasteiger partial charge in [0.05, 0.1) is 17.5 Å². The van der Waals surface area contributed by atoms with Crippen LogP contribution in [0.1, 0.15) is 16.7 Å². The summed E-state index contributed by atoms with van der Waals surface area (Å²) >= 11 is 0. The number of fused-ring (bicyclic) bond motifs is 5. The molecule has 7 nitrogen and oxygen atoms in total. The Hall–Kier alpha value is -4.30. The fourth-order valence-corrected chi connectivity index (χ4v) is 6.43. The number of aromatic amines is 1. The maximum Gasteiger partial charge on any atom is 0.250 e. The van der Waals surface area contributed by atoms with Crippen molar-refractivity contribution in [1.29, 1.82) is 0 Å². The lowest BCUT2D eigenvalue weighted by molar-refractivity contribution is -0.130. The molecular weight excluding hydrogens is 471 g/mol. The van der Waals surface area contributed by atoms with Crippen LogP contribution in [0.3, 0.4) is 0 Å². The Kier molecular flexibility index (Phi) is 4.51. The second-order valence-corrected chi connectivity index (χ2v) is 10.1. The second kappa shape index (κ2) is 7.60. The monoisotopic (exact) mass is 494 g/mol. The van der Waals surface area contributed by atoms with Crippen molar-refractivity contribution < 1.29 is 18.8 Å². The average molecular weight is 495 g/mol. The van der Waals surface area contributed by atoms with E-state index in [1.54, 1.807) is 12.1 Å². The van der Waals surface area contributed by atoms with Crippen LogP contribution in [0.2, 0.25) is 0 Å². The summed E-state index contributed by atoms with van der Waals surface area (Å²) in [7, 11) is 0. The third-order valence-corrected chi connectivity index (χ3v) is 8.08. The predicted octanol–water partition coefficient (Wildman–Crippen LogP) is 3.78. The number of imide groups is 1. The van der Waals surface area contributed by atoms with E-state index in [0.29, 0.717) is 23.4 Å². The van der Waals surface area contributed by atoms with E-state index in [9.17, 15) is 18.8 Å². The topological polar surface area (TPSA) is 94.3 Å². The lowest BCUT2D eigenvalue weighted by atomic mass is 9.76. The van der Waals surface area contributed by atoms with Gasteiger partial charge < -0.3 is 10.3 Å². The summed E-state index contributed by atoms with van der Waals surface area (Å²) in [6.45, 7) is 1.93. The number of aryl methyl sites for hydroxylation is 1. The molecule has 3 N–H and O–H groups in total. The van der Waals surface area contributed by atoms with Gasteiger partial charge in [-0.1, -0.05) is 35.9 Å². The lowest BCUT2D eigenvalue weighted by Gasteiger charge is -2.29. The Morgan fingerprint density at radius 1 is 0.973 bits per heavy atom. The van der Waals surface area contributed by atoms with Crippen LogP contribution >= 0.6 is 0 Å². The van der Waals surface area contributed by atoms with Crippen LogP contribution in [0.5, 0.6) is 0 Å².